The van der Waals surface area contributed by atoms with Crippen molar-refractivity contribution in [2.24, 2.45) is 0 Å². The Morgan fingerprint density at radius 3 is 2.59 bits per heavy atom. The third-order valence-electron chi connectivity index (χ3n) is 4.64. The van der Waals surface area contributed by atoms with Crippen molar-refractivity contribution in [1.29, 1.82) is 0 Å². The van der Waals surface area contributed by atoms with Crippen LogP contribution in [0.5, 0.6) is 5.75 Å². The Balaban J connectivity index is 1.47. The molecule has 1 unspecified atom stereocenters. The summed E-state index contributed by atoms with van der Waals surface area (Å²) in [6.07, 6.45) is 1.02. The van der Waals surface area contributed by atoms with Crippen LogP contribution in [0.3, 0.4) is 0 Å². The molecule has 1 atom stereocenters. The number of nitrogens with one attached hydrogen (secondary N) is 2. The average molecular weight is 390 g/mol. The summed E-state index contributed by atoms with van der Waals surface area (Å²) in [5.41, 5.74) is 1.66. The second-order valence-electron chi connectivity index (χ2n) is 7.03. The summed E-state index contributed by atoms with van der Waals surface area (Å²) in [5, 5.41) is 7.97. The molecule has 0 saturated carbocycles. The second-order valence-corrected chi connectivity index (χ2v) is 7.03. The van der Waals surface area contributed by atoms with Crippen molar-refractivity contribution < 1.29 is 14.3 Å². The molecule has 5 nitrogen and oxygen atoms in total. The number of amides is 2. The van der Waals surface area contributed by atoms with Crippen LogP contribution in [0.1, 0.15) is 38.3 Å². The zero-order valence-corrected chi connectivity index (χ0v) is 16.8. The van der Waals surface area contributed by atoms with Gasteiger partial charge in [0, 0.05) is 24.4 Å². The first kappa shape index (κ1) is 20.4. The van der Waals surface area contributed by atoms with Crippen LogP contribution in [0.25, 0.3) is 10.8 Å². The van der Waals surface area contributed by atoms with Crippen molar-refractivity contribution in [3.63, 3.8) is 0 Å². The van der Waals surface area contributed by atoms with Gasteiger partial charge in [0.25, 0.3) is 0 Å². The maximum absolute atomic E-state index is 12.3. The summed E-state index contributed by atoms with van der Waals surface area (Å²) in [5.74, 6) is 0.695. The topological polar surface area (TPSA) is 67.4 Å². The van der Waals surface area contributed by atoms with Gasteiger partial charge >= 0.3 is 0 Å². The predicted molar refractivity (Wildman–Crippen MR) is 116 cm³/mol. The van der Waals surface area contributed by atoms with Crippen LogP contribution in [0.4, 0.5) is 5.69 Å². The van der Waals surface area contributed by atoms with Crippen LogP contribution >= 0.6 is 0 Å². The molecule has 0 aliphatic heterocycles. The number of fused-ring (bicyclic) bond motifs is 1. The third kappa shape index (κ3) is 5.82. The quantitative estimate of drug-likeness (QED) is 0.541. The number of benzene rings is 3. The number of hydrogen-bond donors (Lipinski definition) is 2. The number of rotatable bonds is 8. The molecule has 0 radical (unpaired) electrons. The standard InChI is InChI=1S/C24H26N2O3/c1-17(20-10-5-11-21(16-20)26-18(2)27)25-24(28)14-7-15-29-23-13-6-9-19-8-3-4-12-22(19)23/h3-6,8-13,16-17H,7,14-15H2,1-2H3,(H,25,28)(H,26,27). The fourth-order valence-electron chi connectivity index (χ4n) is 3.22. The molecule has 0 bridgehead atoms. The minimum atomic E-state index is -0.143. The normalized spacial score (nSPS) is 11.7. The van der Waals surface area contributed by atoms with E-state index in [0.29, 0.717) is 19.4 Å². The van der Waals surface area contributed by atoms with Gasteiger partial charge in [0.05, 0.1) is 12.6 Å². The van der Waals surface area contributed by atoms with E-state index in [1.807, 2.05) is 61.5 Å². The highest BCUT2D eigenvalue weighted by molar-refractivity contribution is 5.89. The van der Waals surface area contributed by atoms with Gasteiger partial charge in [-0.3, -0.25) is 9.59 Å². The smallest absolute Gasteiger partial charge is 0.221 e. The first-order valence-corrected chi connectivity index (χ1v) is 9.80. The average Bonchev–Trinajstić information content (AvgIpc) is 2.71. The molecule has 5 heteroatoms. The highest BCUT2D eigenvalue weighted by atomic mass is 16.5. The Morgan fingerprint density at radius 1 is 1.00 bits per heavy atom. The van der Waals surface area contributed by atoms with Gasteiger partial charge in [0.1, 0.15) is 5.75 Å². The van der Waals surface area contributed by atoms with Gasteiger partial charge < -0.3 is 15.4 Å². The molecule has 3 rings (SSSR count). The molecule has 3 aromatic carbocycles. The molecule has 0 aliphatic rings. The van der Waals surface area contributed by atoms with Crippen molar-refractivity contribution in [2.45, 2.75) is 32.7 Å². The van der Waals surface area contributed by atoms with Crippen LogP contribution in [0.15, 0.2) is 66.7 Å². The summed E-state index contributed by atoms with van der Waals surface area (Å²) < 4.78 is 5.89. The Kier molecular flexibility index (Phi) is 6.85. The van der Waals surface area contributed by atoms with Crippen molar-refractivity contribution in [3.8, 4) is 5.75 Å². The van der Waals surface area contributed by atoms with Crippen LogP contribution < -0.4 is 15.4 Å². The summed E-state index contributed by atoms with van der Waals surface area (Å²) >= 11 is 0. The van der Waals surface area contributed by atoms with E-state index in [4.69, 9.17) is 4.74 Å². The van der Waals surface area contributed by atoms with Gasteiger partial charge in [0.15, 0.2) is 0 Å². The predicted octanol–water partition coefficient (Wildman–Crippen LogP) is 4.83. The van der Waals surface area contributed by atoms with Crippen molar-refractivity contribution >= 4 is 28.3 Å². The third-order valence-corrected chi connectivity index (χ3v) is 4.64. The van der Waals surface area contributed by atoms with Gasteiger partial charge in [-0.25, -0.2) is 0 Å². The van der Waals surface area contributed by atoms with E-state index in [1.165, 1.54) is 6.92 Å². The monoisotopic (exact) mass is 390 g/mol. The van der Waals surface area contributed by atoms with Gasteiger partial charge in [-0.15, -0.1) is 0 Å². The van der Waals surface area contributed by atoms with E-state index in [-0.39, 0.29) is 17.9 Å². The van der Waals surface area contributed by atoms with Gasteiger partial charge in [-0.1, -0.05) is 48.5 Å². The number of carbonyl (C=O) groups excluding carboxylic acids is 2. The van der Waals surface area contributed by atoms with E-state index in [9.17, 15) is 9.59 Å². The van der Waals surface area contributed by atoms with Crippen molar-refractivity contribution in [3.05, 3.63) is 72.3 Å². The zero-order valence-electron chi connectivity index (χ0n) is 16.8. The molecule has 0 fully saturated rings. The molecule has 0 saturated heterocycles. The molecule has 0 aliphatic carbocycles. The molecule has 29 heavy (non-hydrogen) atoms. The van der Waals surface area contributed by atoms with Crippen LogP contribution in [-0.2, 0) is 9.59 Å². The number of anilines is 1. The molecule has 0 spiro atoms. The maximum Gasteiger partial charge on any atom is 0.221 e. The fourth-order valence-corrected chi connectivity index (χ4v) is 3.22. The van der Waals surface area contributed by atoms with Crippen molar-refractivity contribution in [2.75, 3.05) is 11.9 Å². The molecule has 2 N–H and O–H groups in total. The summed E-state index contributed by atoms with van der Waals surface area (Å²) in [4.78, 5) is 23.5. The first-order chi connectivity index (χ1) is 14.0. The Labute approximate surface area is 171 Å². The summed E-state index contributed by atoms with van der Waals surface area (Å²) in [6.45, 7) is 3.88. The van der Waals surface area contributed by atoms with Gasteiger partial charge in [-0.05, 0) is 42.5 Å². The lowest BCUT2D eigenvalue weighted by atomic mass is 10.1. The Morgan fingerprint density at radius 2 is 1.76 bits per heavy atom. The number of hydrogen-bond acceptors (Lipinski definition) is 3. The molecule has 2 amide bonds. The first-order valence-electron chi connectivity index (χ1n) is 9.80. The lowest BCUT2D eigenvalue weighted by Crippen LogP contribution is -2.26. The SMILES string of the molecule is CC(=O)Nc1cccc(C(C)NC(=O)CCCOc2cccc3ccccc23)c1. The minimum absolute atomic E-state index is 0.0241. The second kappa shape index (κ2) is 9.73. The van der Waals surface area contributed by atoms with E-state index in [0.717, 1.165) is 27.8 Å². The van der Waals surface area contributed by atoms with Crippen LogP contribution in [0.2, 0.25) is 0 Å². The van der Waals surface area contributed by atoms with Crippen molar-refractivity contribution in [1.82, 2.24) is 5.32 Å². The minimum Gasteiger partial charge on any atom is -0.493 e. The van der Waals surface area contributed by atoms with E-state index in [1.54, 1.807) is 0 Å². The summed E-state index contributed by atoms with van der Waals surface area (Å²) in [7, 11) is 0. The highest BCUT2D eigenvalue weighted by Gasteiger charge is 2.10. The zero-order chi connectivity index (χ0) is 20.6. The number of carbonyl (C=O) groups is 2. The van der Waals surface area contributed by atoms with E-state index < -0.39 is 0 Å². The lowest BCUT2D eigenvalue weighted by Gasteiger charge is -2.16. The van der Waals surface area contributed by atoms with Crippen LogP contribution in [0, 0.1) is 0 Å². The highest BCUT2D eigenvalue weighted by Crippen LogP contribution is 2.25. The molecule has 3 aromatic rings. The van der Waals surface area contributed by atoms with Crippen LogP contribution in [-0.4, -0.2) is 18.4 Å². The lowest BCUT2D eigenvalue weighted by molar-refractivity contribution is -0.122. The fraction of sp³-hybridized carbons (Fsp3) is 0.250. The Hall–Kier alpha value is -3.34. The Bertz CT molecular complexity index is 995. The molecular formula is C24H26N2O3. The largest absolute Gasteiger partial charge is 0.493 e. The van der Waals surface area contributed by atoms with E-state index in [2.05, 4.69) is 22.8 Å². The van der Waals surface area contributed by atoms with Gasteiger partial charge in [0.2, 0.25) is 11.8 Å². The van der Waals surface area contributed by atoms with Gasteiger partial charge in [-0.2, -0.15) is 0 Å². The van der Waals surface area contributed by atoms with E-state index >= 15 is 0 Å². The molecule has 0 heterocycles. The summed E-state index contributed by atoms with van der Waals surface area (Å²) in [6, 6.07) is 21.4. The molecular weight excluding hydrogens is 364 g/mol. The number of ether oxygens (including phenoxy) is 1. The molecule has 0 aromatic heterocycles. The maximum atomic E-state index is 12.3. The molecule has 150 valence electrons.